The van der Waals surface area contributed by atoms with Crippen molar-refractivity contribution in [3.63, 3.8) is 0 Å². The summed E-state index contributed by atoms with van der Waals surface area (Å²) in [7, 11) is 1.45. The second-order valence-corrected chi connectivity index (χ2v) is 7.63. The minimum Gasteiger partial charge on any atom is -0.495 e. The van der Waals surface area contributed by atoms with E-state index in [1.54, 1.807) is 12.1 Å². The molecular formula is C19H14Cl2FNO4S. The van der Waals surface area contributed by atoms with Crippen LogP contribution in [0.2, 0.25) is 10.0 Å². The first-order chi connectivity index (χ1) is 13.3. The molecule has 2 aromatic carbocycles. The van der Waals surface area contributed by atoms with E-state index in [-0.39, 0.29) is 9.90 Å². The number of nitrogens with one attached hydrogen (secondary N) is 1. The summed E-state index contributed by atoms with van der Waals surface area (Å²) >= 11 is 13.1. The first kappa shape index (κ1) is 20.4. The van der Waals surface area contributed by atoms with Crippen LogP contribution in [-0.4, -0.2) is 25.1 Å². The van der Waals surface area contributed by atoms with Crippen LogP contribution in [0.5, 0.6) is 5.75 Å². The predicted octanol–water partition coefficient (Wildman–Crippen LogP) is 5.54. The van der Waals surface area contributed by atoms with Crippen LogP contribution in [0.3, 0.4) is 0 Å². The van der Waals surface area contributed by atoms with Crippen LogP contribution in [-0.2, 0) is 9.53 Å². The van der Waals surface area contributed by atoms with E-state index in [9.17, 15) is 14.0 Å². The lowest BCUT2D eigenvalue weighted by Crippen LogP contribution is -2.30. The Hall–Kier alpha value is -2.35. The highest BCUT2D eigenvalue weighted by atomic mass is 35.5. The van der Waals surface area contributed by atoms with Gasteiger partial charge in [0.1, 0.15) is 16.4 Å². The number of ether oxygens (including phenoxy) is 2. The van der Waals surface area contributed by atoms with Crippen LogP contribution in [0, 0.1) is 5.82 Å². The van der Waals surface area contributed by atoms with Crippen LogP contribution >= 0.6 is 34.5 Å². The van der Waals surface area contributed by atoms with Gasteiger partial charge in [-0.1, -0.05) is 23.2 Å². The number of rotatable bonds is 5. The molecule has 0 bridgehead atoms. The predicted molar refractivity (Wildman–Crippen MR) is 108 cm³/mol. The number of hydrogen-bond donors (Lipinski definition) is 1. The second kappa shape index (κ2) is 8.34. The lowest BCUT2D eigenvalue weighted by Gasteiger charge is -2.15. The molecule has 1 amide bonds. The fourth-order valence-electron chi connectivity index (χ4n) is 2.45. The first-order valence-electron chi connectivity index (χ1n) is 8.03. The molecule has 1 heterocycles. The molecular weight excluding hydrogens is 428 g/mol. The van der Waals surface area contributed by atoms with Crippen molar-refractivity contribution < 1.29 is 23.5 Å². The fraction of sp³-hybridized carbons (Fsp3) is 0.158. The van der Waals surface area contributed by atoms with Gasteiger partial charge in [-0.2, -0.15) is 0 Å². The highest BCUT2D eigenvalue weighted by molar-refractivity contribution is 7.21. The maximum absolute atomic E-state index is 13.4. The number of esters is 1. The van der Waals surface area contributed by atoms with Crippen LogP contribution in [0.4, 0.5) is 10.1 Å². The highest BCUT2D eigenvalue weighted by Gasteiger charge is 2.24. The summed E-state index contributed by atoms with van der Waals surface area (Å²) in [6, 6.07) is 8.76. The number of fused-ring (bicyclic) bond motifs is 1. The second-order valence-electron chi connectivity index (χ2n) is 5.77. The van der Waals surface area contributed by atoms with E-state index in [2.05, 4.69) is 5.32 Å². The molecule has 1 N–H and O–H groups in total. The van der Waals surface area contributed by atoms with E-state index in [1.165, 1.54) is 38.3 Å². The average molecular weight is 442 g/mol. The molecule has 3 aromatic rings. The minimum absolute atomic E-state index is 0.0993. The van der Waals surface area contributed by atoms with E-state index in [4.69, 9.17) is 32.7 Å². The van der Waals surface area contributed by atoms with Gasteiger partial charge in [0.25, 0.3) is 5.91 Å². The van der Waals surface area contributed by atoms with E-state index in [0.29, 0.717) is 26.5 Å². The third-order valence-corrected chi connectivity index (χ3v) is 5.72. The molecule has 1 unspecified atom stereocenters. The van der Waals surface area contributed by atoms with E-state index in [1.807, 2.05) is 0 Å². The van der Waals surface area contributed by atoms with Crippen molar-refractivity contribution in [2.24, 2.45) is 0 Å². The number of methoxy groups -OCH3 is 1. The van der Waals surface area contributed by atoms with Crippen molar-refractivity contribution in [3.8, 4) is 5.75 Å². The quantitative estimate of drug-likeness (QED) is 0.527. The normalized spacial score (nSPS) is 11.9. The van der Waals surface area contributed by atoms with Crippen molar-refractivity contribution in [1.82, 2.24) is 0 Å². The number of amides is 1. The SMILES string of the molecule is COc1ccc(Cl)cc1NC(=O)C(C)OC(=O)c1sc2cc(F)ccc2c1Cl. The van der Waals surface area contributed by atoms with Gasteiger partial charge in [0.2, 0.25) is 0 Å². The van der Waals surface area contributed by atoms with Gasteiger partial charge in [-0.05, 0) is 43.3 Å². The number of anilines is 1. The van der Waals surface area contributed by atoms with Gasteiger partial charge >= 0.3 is 5.97 Å². The van der Waals surface area contributed by atoms with E-state index in [0.717, 1.165) is 11.3 Å². The highest BCUT2D eigenvalue weighted by Crippen LogP contribution is 2.36. The summed E-state index contributed by atoms with van der Waals surface area (Å²) in [5.41, 5.74) is 0.346. The number of carbonyl (C=O) groups excluding carboxylic acids is 2. The minimum atomic E-state index is -1.12. The van der Waals surface area contributed by atoms with Crippen LogP contribution in [0.25, 0.3) is 10.1 Å². The van der Waals surface area contributed by atoms with E-state index < -0.39 is 23.8 Å². The van der Waals surface area contributed by atoms with Crippen molar-refractivity contribution in [2.75, 3.05) is 12.4 Å². The maximum atomic E-state index is 13.4. The van der Waals surface area contributed by atoms with Gasteiger partial charge in [0, 0.05) is 15.1 Å². The van der Waals surface area contributed by atoms with Crippen LogP contribution in [0.15, 0.2) is 36.4 Å². The van der Waals surface area contributed by atoms with Crippen LogP contribution in [0.1, 0.15) is 16.6 Å². The van der Waals surface area contributed by atoms with Gasteiger partial charge in [0.05, 0.1) is 17.8 Å². The van der Waals surface area contributed by atoms with Crippen molar-refractivity contribution in [1.29, 1.82) is 0 Å². The third-order valence-electron chi connectivity index (χ3n) is 3.85. The van der Waals surface area contributed by atoms with E-state index >= 15 is 0 Å². The molecule has 0 saturated heterocycles. The smallest absolute Gasteiger partial charge is 0.350 e. The van der Waals surface area contributed by atoms with Gasteiger partial charge in [-0.3, -0.25) is 4.79 Å². The number of benzene rings is 2. The number of halogens is 3. The number of hydrogen-bond acceptors (Lipinski definition) is 5. The molecule has 0 aliphatic carbocycles. The molecule has 0 aliphatic heterocycles. The largest absolute Gasteiger partial charge is 0.495 e. The molecule has 0 fully saturated rings. The Balaban J connectivity index is 1.75. The molecule has 0 radical (unpaired) electrons. The van der Waals surface area contributed by atoms with Gasteiger partial charge in [-0.15, -0.1) is 11.3 Å². The Kier molecular flexibility index (Phi) is 6.07. The van der Waals surface area contributed by atoms with Crippen LogP contribution < -0.4 is 10.1 Å². The summed E-state index contributed by atoms with van der Waals surface area (Å²) in [5.74, 6) is -1.37. The Morgan fingerprint density at radius 2 is 1.93 bits per heavy atom. The van der Waals surface area contributed by atoms with Gasteiger partial charge in [-0.25, -0.2) is 9.18 Å². The Morgan fingerprint density at radius 1 is 1.18 bits per heavy atom. The molecule has 146 valence electrons. The first-order valence-corrected chi connectivity index (χ1v) is 9.60. The van der Waals surface area contributed by atoms with Crippen molar-refractivity contribution in [2.45, 2.75) is 13.0 Å². The monoisotopic (exact) mass is 441 g/mol. The Labute approximate surface area is 174 Å². The lowest BCUT2D eigenvalue weighted by molar-refractivity contribution is -0.123. The maximum Gasteiger partial charge on any atom is 0.350 e. The molecule has 1 aromatic heterocycles. The third kappa shape index (κ3) is 4.22. The Morgan fingerprint density at radius 3 is 2.64 bits per heavy atom. The number of carbonyl (C=O) groups is 2. The number of thiophene rings is 1. The zero-order valence-electron chi connectivity index (χ0n) is 14.7. The summed E-state index contributed by atoms with van der Waals surface area (Å²) in [5, 5.41) is 3.71. The average Bonchev–Trinajstić information content (AvgIpc) is 2.97. The summed E-state index contributed by atoms with van der Waals surface area (Å²) in [6.07, 6.45) is -1.12. The lowest BCUT2D eigenvalue weighted by atomic mass is 10.2. The molecule has 5 nitrogen and oxygen atoms in total. The standard InChI is InChI=1S/C19H14Cl2FNO4S/c1-9(18(24)23-13-7-10(20)3-6-14(13)26-2)27-19(25)17-16(21)12-5-4-11(22)8-15(12)28-17/h3-9H,1-2H3,(H,23,24). The molecule has 1 atom stereocenters. The molecule has 0 saturated carbocycles. The Bertz CT molecular complexity index is 1070. The van der Waals surface area contributed by atoms with Crippen molar-refractivity contribution in [3.05, 3.63) is 57.1 Å². The molecule has 0 spiro atoms. The van der Waals surface area contributed by atoms with Gasteiger partial charge < -0.3 is 14.8 Å². The summed E-state index contributed by atoms with van der Waals surface area (Å²) in [4.78, 5) is 24.9. The molecule has 9 heteroatoms. The molecule has 3 rings (SSSR count). The molecule has 0 aliphatic rings. The topological polar surface area (TPSA) is 64.6 Å². The zero-order chi connectivity index (χ0) is 20.4. The van der Waals surface area contributed by atoms with Gasteiger partial charge in [0.15, 0.2) is 6.10 Å². The zero-order valence-corrected chi connectivity index (χ0v) is 17.0. The van der Waals surface area contributed by atoms with Crippen molar-refractivity contribution >= 4 is 62.2 Å². The summed E-state index contributed by atoms with van der Waals surface area (Å²) in [6.45, 7) is 1.42. The fourth-order valence-corrected chi connectivity index (χ4v) is 4.04. The molecule has 28 heavy (non-hydrogen) atoms. The summed E-state index contributed by atoms with van der Waals surface area (Å²) < 4.78 is 24.3.